The van der Waals surface area contributed by atoms with Gasteiger partial charge in [-0.05, 0) is 48.4 Å². The average Bonchev–Trinajstić information content (AvgIpc) is 3.12. The highest BCUT2D eigenvalue weighted by Crippen LogP contribution is 2.42. The summed E-state index contributed by atoms with van der Waals surface area (Å²) in [6, 6.07) is 24.9. The van der Waals surface area contributed by atoms with Crippen LogP contribution >= 0.6 is 35.0 Å². The maximum absolute atomic E-state index is 13.4. The Morgan fingerprint density at radius 1 is 1.03 bits per heavy atom. The minimum absolute atomic E-state index is 0.154. The molecule has 3 aromatic carbocycles. The van der Waals surface area contributed by atoms with Crippen molar-refractivity contribution < 1.29 is 9.59 Å². The SMILES string of the molecule is N#C/C(C(=O)Nc1cccc(Cl)c1)=C1/S[C@H](Cc2ccccc2Cl)C(=O)N1c1ccccc1. The summed E-state index contributed by atoms with van der Waals surface area (Å²) >= 11 is 13.5. The highest BCUT2D eigenvalue weighted by Gasteiger charge is 2.41. The van der Waals surface area contributed by atoms with Crippen molar-refractivity contribution in [3.63, 3.8) is 0 Å². The Morgan fingerprint density at radius 2 is 1.76 bits per heavy atom. The van der Waals surface area contributed by atoms with Gasteiger partial charge in [-0.1, -0.05) is 77.4 Å². The largest absolute Gasteiger partial charge is 0.321 e. The summed E-state index contributed by atoms with van der Waals surface area (Å²) in [5.41, 5.74) is 1.70. The zero-order valence-corrected chi connectivity index (χ0v) is 19.5. The predicted octanol–water partition coefficient (Wildman–Crippen LogP) is 6.06. The van der Waals surface area contributed by atoms with Gasteiger partial charge in [-0.25, -0.2) is 0 Å². The van der Waals surface area contributed by atoms with Gasteiger partial charge < -0.3 is 5.32 Å². The maximum Gasteiger partial charge on any atom is 0.269 e. The first kappa shape index (κ1) is 22.9. The van der Waals surface area contributed by atoms with Gasteiger partial charge in [-0.3, -0.25) is 14.5 Å². The van der Waals surface area contributed by atoms with Crippen molar-refractivity contribution in [1.29, 1.82) is 5.26 Å². The highest BCUT2D eigenvalue weighted by molar-refractivity contribution is 8.05. The number of benzene rings is 3. The smallest absolute Gasteiger partial charge is 0.269 e. The Kier molecular flexibility index (Phi) is 7.05. The lowest BCUT2D eigenvalue weighted by Crippen LogP contribution is -2.30. The molecule has 1 aliphatic heterocycles. The molecular formula is C25H17Cl2N3O2S. The van der Waals surface area contributed by atoms with Gasteiger partial charge in [0.05, 0.1) is 5.25 Å². The molecule has 0 spiro atoms. The van der Waals surface area contributed by atoms with E-state index >= 15 is 0 Å². The Morgan fingerprint density at radius 3 is 2.45 bits per heavy atom. The molecule has 1 fully saturated rings. The number of nitrogens with one attached hydrogen (secondary N) is 1. The predicted molar refractivity (Wildman–Crippen MR) is 133 cm³/mol. The van der Waals surface area contributed by atoms with Crippen LogP contribution in [0.15, 0.2) is 89.5 Å². The first-order valence-corrected chi connectivity index (χ1v) is 11.6. The average molecular weight is 494 g/mol. The van der Waals surface area contributed by atoms with Crippen LogP contribution in [0.5, 0.6) is 0 Å². The molecule has 33 heavy (non-hydrogen) atoms. The molecular weight excluding hydrogens is 477 g/mol. The summed E-state index contributed by atoms with van der Waals surface area (Å²) in [5.74, 6) is -0.834. The highest BCUT2D eigenvalue weighted by atomic mass is 35.5. The Bertz CT molecular complexity index is 1290. The fraction of sp³-hybridized carbons (Fsp3) is 0.0800. The van der Waals surface area contributed by atoms with Crippen molar-refractivity contribution in [2.45, 2.75) is 11.7 Å². The number of nitrogens with zero attached hydrogens (tertiary/aromatic N) is 2. The topological polar surface area (TPSA) is 73.2 Å². The van der Waals surface area contributed by atoms with Gasteiger partial charge in [0.15, 0.2) is 0 Å². The van der Waals surface area contributed by atoms with E-state index in [1.54, 1.807) is 54.6 Å². The number of hydrogen-bond donors (Lipinski definition) is 1. The number of thioether (sulfide) groups is 1. The molecule has 164 valence electrons. The van der Waals surface area contributed by atoms with E-state index < -0.39 is 11.2 Å². The number of nitriles is 1. The molecule has 1 saturated heterocycles. The molecule has 0 aliphatic carbocycles. The van der Waals surface area contributed by atoms with Gasteiger partial charge in [0.1, 0.15) is 16.7 Å². The molecule has 0 saturated carbocycles. The molecule has 2 amide bonds. The van der Waals surface area contributed by atoms with Gasteiger partial charge in [-0.2, -0.15) is 5.26 Å². The number of rotatable bonds is 5. The molecule has 5 nitrogen and oxygen atoms in total. The van der Waals surface area contributed by atoms with Crippen LogP contribution in [-0.4, -0.2) is 17.1 Å². The summed E-state index contributed by atoms with van der Waals surface area (Å²) in [6.45, 7) is 0. The number of amides is 2. The Hall–Kier alpha value is -3.24. The number of hydrogen-bond acceptors (Lipinski definition) is 4. The maximum atomic E-state index is 13.4. The fourth-order valence-electron chi connectivity index (χ4n) is 3.42. The van der Waals surface area contributed by atoms with Crippen LogP contribution in [0.2, 0.25) is 10.0 Å². The number of para-hydroxylation sites is 1. The second-order valence-electron chi connectivity index (χ2n) is 7.17. The van der Waals surface area contributed by atoms with Gasteiger partial charge in [0, 0.05) is 21.4 Å². The first-order valence-electron chi connectivity index (χ1n) is 9.98. The van der Waals surface area contributed by atoms with E-state index in [0.717, 1.165) is 5.56 Å². The van der Waals surface area contributed by atoms with Crippen LogP contribution in [0.3, 0.4) is 0 Å². The molecule has 8 heteroatoms. The van der Waals surface area contributed by atoms with Crippen molar-refractivity contribution in [3.05, 3.63) is 105 Å². The standard InChI is InChI=1S/C25H17Cl2N3O2S/c26-17-8-6-9-18(14-17)29-23(31)20(15-28)25-30(19-10-2-1-3-11-19)24(32)22(33-25)13-16-7-4-5-12-21(16)27/h1-12,14,22H,13H2,(H,29,31)/b25-20-/t22-/m1/s1. The lowest BCUT2D eigenvalue weighted by Gasteiger charge is -2.18. The van der Waals surface area contributed by atoms with Crippen LogP contribution < -0.4 is 10.2 Å². The van der Waals surface area contributed by atoms with E-state index in [1.807, 2.05) is 30.3 Å². The van der Waals surface area contributed by atoms with E-state index in [2.05, 4.69) is 5.32 Å². The van der Waals surface area contributed by atoms with Crippen molar-refractivity contribution in [2.24, 2.45) is 0 Å². The Labute approximate surface area is 205 Å². The quantitative estimate of drug-likeness (QED) is 0.346. The lowest BCUT2D eigenvalue weighted by molar-refractivity contribution is -0.117. The second kappa shape index (κ2) is 10.1. The van der Waals surface area contributed by atoms with E-state index in [-0.39, 0.29) is 16.5 Å². The molecule has 0 unspecified atom stereocenters. The van der Waals surface area contributed by atoms with Crippen molar-refractivity contribution in [2.75, 3.05) is 10.2 Å². The summed E-state index contributed by atoms with van der Waals surface area (Å²) in [6.07, 6.45) is 0.366. The van der Waals surface area contributed by atoms with Crippen LogP contribution in [0.25, 0.3) is 0 Å². The molecule has 0 aromatic heterocycles. The van der Waals surface area contributed by atoms with Crippen LogP contribution in [0.1, 0.15) is 5.56 Å². The van der Waals surface area contributed by atoms with Crippen molar-refractivity contribution in [1.82, 2.24) is 0 Å². The van der Waals surface area contributed by atoms with Crippen LogP contribution in [0.4, 0.5) is 11.4 Å². The molecule has 1 N–H and O–H groups in total. The van der Waals surface area contributed by atoms with Gasteiger partial charge in [-0.15, -0.1) is 0 Å². The van der Waals surface area contributed by atoms with Gasteiger partial charge >= 0.3 is 0 Å². The number of carbonyl (C=O) groups is 2. The van der Waals surface area contributed by atoms with E-state index in [0.29, 0.717) is 27.8 Å². The van der Waals surface area contributed by atoms with Crippen molar-refractivity contribution in [3.8, 4) is 6.07 Å². The number of halogens is 2. The van der Waals surface area contributed by atoms with Crippen molar-refractivity contribution >= 4 is 58.2 Å². The number of carbonyl (C=O) groups excluding carboxylic acids is 2. The minimum atomic E-state index is -0.616. The monoisotopic (exact) mass is 493 g/mol. The first-order chi connectivity index (χ1) is 16.0. The summed E-state index contributed by atoms with van der Waals surface area (Å²) in [5, 5.41) is 13.3. The minimum Gasteiger partial charge on any atom is -0.321 e. The van der Waals surface area contributed by atoms with Gasteiger partial charge in [0.25, 0.3) is 5.91 Å². The molecule has 4 rings (SSSR count). The summed E-state index contributed by atoms with van der Waals surface area (Å²) in [4.78, 5) is 27.9. The number of anilines is 2. The third-order valence-corrected chi connectivity index (χ3v) is 6.83. The molecule has 0 radical (unpaired) electrons. The molecule has 0 bridgehead atoms. The van der Waals surface area contributed by atoms with Gasteiger partial charge in [0.2, 0.25) is 5.91 Å². The van der Waals surface area contributed by atoms with E-state index in [4.69, 9.17) is 23.2 Å². The zero-order chi connectivity index (χ0) is 23.4. The van der Waals surface area contributed by atoms with E-state index in [1.165, 1.54) is 16.7 Å². The molecule has 3 aromatic rings. The third kappa shape index (κ3) is 5.07. The molecule has 1 heterocycles. The molecule has 1 atom stereocenters. The normalized spacial score (nSPS) is 16.9. The lowest BCUT2D eigenvalue weighted by atomic mass is 10.1. The fourth-order valence-corrected chi connectivity index (χ4v) is 5.12. The Balaban J connectivity index is 1.72. The molecule has 1 aliphatic rings. The summed E-state index contributed by atoms with van der Waals surface area (Å²) in [7, 11) is 0. The summed E-state index contributed by atoms with van der Waals surface area (Å²) < 4.78 is 0. The zero-order valence-electron chi connectivity index (χ0n) is 17.2. The van der Waals surface area contributed by atoms with Crippen LogP contribution in [0, 0.1) is 11.3 Å². The third-order valence-electron chi connectivity index (χ3n) is 4.97. The van der Waals surface area contributed by atoms with E-state index in [9.17, 15) is 14.9 Å². The second-order valence-corrected chi connectivity index (χ2v) is 9.20. The van der Waals surface area contributed by atoms with Crippen LogP contribution in [-0.2, 0) is 16.0 Å².